The molecule has 2 aromatic heterocycles. The molecule has 0 spiro atoms. The van der Waals surface area contributed by atoms with Crippen LogP contribution in [0.4, 0.5) is 10.6 Å². The van der Waals surface area contributed by atoms with Crippen molar-refractivity contribution in [1.82, 2.24) is 9.88 Å². The number of carbonyl (C=O) groups is 1. The molecule has 2 atom stereocenters. The second kappa shape index (κ2) is 6.93. The summed E-state index contributed by atoms with van der Waals surface area (Å²) in [5.41, 5.74) is 0.501. The average Bonchev–Trinajstić information content (AvgIpc) is 2.96. The largest absolute Gasteiger partial charge is 0.465 e. The zero-order valence-electron chi connectivity index (χ0n) is 12.6. The van der Waals surface area contributed by atoms with Crippen molar-refractivity contribution in [3.05, 3.63) is 21.6 Å². The summed E-state index contributed by atoms with van der Waals surface area (Å²) in [6.45, 7) is 0.162. The highest BCUT2D eigenvalue weighted by Crippen LogP contribution is 2.36. The van der Waals surface area contributed by atoms with E-state index in [2.05, 4.69) is 32.3 Å². The minimum absolute atomic E-state index is 0.234. The van der Waals surface area contributed by atoms with Gasteiger partial charge in [0.25, 0.3) is 0 Å². The summed E-state index contributed by atoms with van der Waals surface area (Å²) in [4.78, 5) is 16.9. The highest BCUT2D eigenvalue weighted by Gasteiger charge is 2.34. The quantitative estimate of drug-likeness (QED) is 0.717. The van der Waals surface area contributed by atoms with Gasteiger partial charge in [-0.15, -0.1) is 11.3 Å². The number of fused-ring (bicyclic) bond motifs is 1. The number of nitriles is 1. The molecule has 2 unspecified atom stereocenters. The number of aromatic nitrogens is 1. The van der Waals surface area contributed by atoms with Gasteiger partial charge in [0.1, 0.15) is 11.9 Å². The Morgan fingerprint density at radius 2 is 2.42 bits per heavy atom. The first kappa shape index (κ1) is 17.0. The van der Waals surface area contributed by atoms with Crippen LogP contribution in [-0.4, -0.2) is 51.4 Å². The summed E-state index contributed by atoms with van der Waals surface area (Å²) in [6, 6.07) is 3.26. The molecule has 3 N–H and O–H groups in total. The predicted octanol–water partition coefficient (Wildman–Crippen LogP) is 2.85. The van der Waals surface area contributed by atoms with Gasteiger partial charge in [0.2, 0.25) is 0 Å². The van der Waals surface area contributed by atoms with Crippen LogP contribution in [0.5, 0.6) is 0 Å². The molecule has 3 heterocycles. The van der Waals surface area contributed by atoms with Crippen molar-refractivity contribution >= 4 is 49.3 Å². The number of thiophene rings is 1. The molecule has 3 rings (SSSR count). The van der Waals surface area contributed by atoms with Gasteiger partial charge in [-0.1, -0.05) is 0 Å². The number of likely N-dealkylation sites (tertiary alicyclic amines) is 1. The maximum atomic E-state index is 11.4. The van der Waals surface area contributed by atoms with Gasteiger partial charge in [0.05, 0.1) is 32.7 Å². The third-order valence-electron chi connectivity index (χ3n) is 4.18. The zero-order valence-corrected chi connectivity index (χ0v) is 15.0. The molecule has 2 aromatic rings. The van der Waals surface area contributed by atoms with Gasteiger partial charge in [-0.25, -0.2) is 9.78 Å². The van der Waals surface area contributed by atoms with E-state index < -0.39 is 12.1 Å². The van der Waals surface area contributed by atoms with E-state index in [-0.39, 0.29) is 12.6 Å². The lowest BCUT2D eigenvalue weighted by Gasteiger charge is -2.39. The lowest BCUT2D eigenvalue weighted by atomic mass is 9.97. The fourth-order valence-electron chi connectivity index (χ4n) is 3.05. The van der Waals surface area contributed by atoms with Crippen LogP contribution < -0.4 is 5.32 Å². The third-order valence-corrected chi connectivity index (χ3v) is 5.85. The molecule has 1 aliphatic heterocycles. The predicted molar refractivity (Wildman–Crippen MR) is 94.3 cm³/mol. The van der Waals surface area contributed by atoms with Crippen LogP contribution >= 0.6 is 27.3 Å². The van der Waals surface area contributed by atoms with Crippen molar-refractivity contribution in [2.24, 2.45) is 0 Å². The number of piperidine rings is 1. The van der Waals surface area contributed by atoms with Crippen molar-refractivity contribution in [2.75, 3.05) is 18.5 Å². The number of anilines is 1. The molecule has 0 aliphatic carbocycles. The van der Waals surface area contributed by atoms with Crippen molar-refractivity contribution in [3.8, 4) is 6.07 Å². The topological polar surface area (TPSA) is 109 Å². The molecule has 7 nitrogen and oxygen atoms in total. The first-order valence-electron chi connectivity index (χ1n) is 7.40. The van der Waals surface area contributed by atoms with Crippen molar-refractivity contribution < 1.29 is 15.0 Å². The van der Waals surface area contributed by atoms with Crippen molar-refractivity contribution in [1.29, 1.82) is 5.26 Å². The molecule has 9 heteroatoms. The molecule has 1 amide bonds. The summed E-state index contributed by atoms with van der Waals surface area (Å²) in [5, 5.41) is 32.2. The number of amides is 1. The van der Waals surface area contributed by atoms with E-state index in [0.717, 1.165) is 20.3 Å². The van der Waals surface area contributed by atoms with Gasteiger partial charge in [0.15, 0.2) is 0 Å². The molecule has 0 aromatic carbocycles. The van der Waals surface area contributed by atoms with Crippen LogP contribution in [0.15, 0.2) is 16.0 Å². The number of halogens is 1. The van der Waals surface area contributed by atoms with E-state index in [0.29, 0.717) is 24.3 Å². The first-order chi connectivity index (χ1) is 11.5. The maximum Gasteiger partial charge on any atom is 0.407 e. The highest BCUT2D eigenvalue weighted by molar-refractivity contribution is 9.11. The third kappa shape index (κ3) is 3.05. The van der Waals surface area contributed by atoms with Gasteiger partial charge in [-0.2, -0.15) is 5.26 Å². The molecule has 1 saturated heterocycles. The van der Waals surface area contributed by atoms with Gasteiger partial charge >= 0.3 is 6.09 Å². The van der Waals surface area contributed by atoms with Gasteiger partial charge in [-0.05, 0) is 34.8 Å². The molecule has 0 radical (unpaired) electrons. The van der Waals surface area contributed by atoms with Crippen LogP contribution in [0, 0.1) is 11.3 Å². The van der Waals surface area contributed by atoms with E-state index in [9.17, 15) is 20.3 Å². The molecule has 0 saturated carbocycles. The number of nitrogens with one attached hydrogen (secondary N) is 1. The maximum absolute atomic E-state index is 11.4. The highest BCUT2D eigenvalue weighted by atomic mass is 79.9. The molecule has 24 heavy (non-hydrogen) atoms. The van der Waals surface area contributed by atoms with E-state index in [1.165, 1.54) is 22.4 Å². The summed E-state index contributed by atoms with van der Waals surface area (Å²) in [6.07, 6.45) is 1.94. The monoisotopic (exact) mass is 410 g/mol. The Balaban J connectivity index is 1.94. The molecule has 1 fully saturated rings. The number of hydrogen-bond donors (Lipinski definition) is 3. The fraction of sp³-hybridized carbons (Fsp3) is 0.400. The molecular formula is C15H15BrN4O3S. The Labute approximate surface area is 150 Å². The Bertz CT molecular complexity index is 819. The second-order valence-corrected chi connectivity index (χ2v) is 7.98. The van der Waals surface area contributed by atoms with E-state index >= 15 is 0 Å². The SMILES string of the molecule is N#Cc1cnc(NC2CCCN(C(=O)O)C2CO)c2cc(Br)sc12. The first-order valence-corrected chi connectivity index (χ1v) is 9.01. The Kier molecular flexibility index (Phi) is 4.89. The number of carboxylic acid groups (broad SMARTS) is 1. The van der Waals surface area contributed by atoms with Crippen molar-refractivity contribution in [2.45, 2.75) is 24.9 Å². The normalized spacial score (nSPS) is 20.8. The van der Waals surface area contributed by atoms with Crippen LogP contribution in [-0.2, 0) is 0 Å². The van der Waals surface area contributed by atoms with E-state index in [1.54, 1.807) is 0 Å². The minimum atomic E-state index is -1.03. The van der Waals surface area contributed by atoms with Crippen LogP contribution in [0.25, 0.3) is 10.1 Å². The van der Waals surface area contributed by atoms with Crippen molar-refractivity contribution in [3.63, 3.8) is 0 Å². The number of hydrogen-bond acceptors (Lipinski definition) is 6. The zero-order chi connectivity index (χ0) is 17.3. The smallest absolute Gasteiger partial charge is 0.407 e. The average molecular weight is 411 g/mol. The number of aliphatic hydroxyl groups excluding tert-OH is 1. The van der Waals surface area contributed by atoms with E-state index in [1.807, 2.05) is 6.07 Å². The summed E-state index contributed by atoms with van der Waals surface area (Å²) < 4.78 is 1.72. The molecule has 0 bridgehead atoms. The van der Waals surface area contributed by atoms with Gasteiger partial charge in [-0.3, -0.25) is 0 Å². The molecule has 1 aliphatic rings. The number of nitrogens with zero attached hydrogens (tertiary/aromatic N) is 3. The molecular weight excluding hydrogens is 396 g/mol. The van der Waals surface area contributed by atoms with Crippen LogP contribution in [0.2, 0.25) is 0 Å². The summed E-state index contributed by atoms with van der Waals surface area (Å²) >= 11 is 4.88. The standard InChI is InChI=1S/C15H15BrN4O3S/c16-12-4-9-13(24-12)8(5-17)6-18-14(9)19-10-2-1-3-20(15(22)23)11(10)7-21/h4,6,10-11,21H,1-3,7H2,(H,18,19)(H,22,23). The second-order valence-electron chi connectivity index (χ2n) is 5.54. The lowest BCUT2D eigenvalue weighted by molar-refractivity contribution is 0.0714. The Morgan fingerprint density at radius 1 is 1.62 bits per heavy atom. The van der Waals surface area contributed by atoms with Crippen LogP contribution in [0.1, 0.15) is 18.4 Å². The number of aliphatic hydroxyl groups is 1. The minimum Gasteiger partial charge on any atom is -0.465 e. The Morgan fingerprint density at radius 3 is 3.08 bits per heavy atom. The van der Waals surface area contributed by atoms with Crippen LogP contribution in [0.3, 0.4) is 0 Å². The molecule has 126 valence electrons. The lowest BCUT2D eigenvalue weighted by Crippen LogP contribution is -2.55. The summed E-state index contributed by atoms with van der Waals surface area (Å²) in [7, 11) is 0. The summed E-state index contributed by atoms with van der Waals surface area (Å²) in [5.74, 6) is 0.599. The fourth-order valence-corrected chi connectivity index (χ4v) is 4.61. The van der Waals surface area contributed by atoms with Gasteiger partial charge < -0.3 is 20.4 Å². The number of pyridine rings is 1. The van der Waals surface area contributed by atoms with E-state index in [4.69, 9.17) is 0 Å². The number of rotatable bonds is 3. The van der Waals surface area contributed by atoms with Gasteiger partial charge in [0, 0.05) is 18.1 Å². The Hall–Kier alpha value is -1.89.